The van der Waals surface area contributed by atoms with Crippen LogP contribution in [0.2, 0.25) is 0 Å². The van der Waals surface area contributed by atoms with Gasteiger partial charge in [0.25, 0.3) is 11.9 Å². The summed E-state index contributed by atoms with van der Waals surface area (Å²) in [4.78, 5) is 17.9. The maximum absolute atomic E-state index is 13.3. The molecule has 1 amide bonds. The Morgan fingerprint density at radius 3 is 2.72 bits per heavy atom. The van der Waals surface area contributed by atoms with Crippen LogP contribution < -0.4 is 5.32 Å². The highest BCUT2D eigenvalue weighted by atomic mass is 19.2. The van der Waals surface area contributed by atoms with Crippen LogP contribution in [0.1, 0.15) is 10.4 Å². The zero-order valence-electron chi connectivity index (χ0n) is 8.82. The molecule has 1 N–H and O–H groups in total. The minimum absolute atomic E-state index is 0.277. The van der Waals surface area contributed by atoms with E-state index in [1.54, 1.807) is 6.07 Å². The summed E-state index contributed by atoms with van der Waals surface area (Å²) >= 11 is 0. The van der Waals surface area contributed by atoms with Crippen LogP contribution in [0, 0.1) is 17.7 Å². The molecule has 0 unspecified atom stereocenters. The Hall–Kier alpha value is -2.44. The topological polar surface area (TPSA) is 54.9 Å². The largest absolute Gasteiger partial charge is 0.320 e. The van der Waals surface area contributed by atoms with E-state index in [2.05, 4.69) is 15.3 Å². The molecule has 0 aliphatic heterocycles. The lowest BCUT2D eigenvalue weighted by molar-refractivity contribution is 0.102. The van der Waals surface area contributed by atoms with E-state index in [1.165, 1.54) is 18.5 Å². The van der Waals surface area contributed by atoms with E-state index >= 15 is 0 Å². The highest BCUT2D eigenvalue weighted by molar-refractivity contribution is 6.04. The Labute approximate surface area is 99.5 Å². The summed E-state index contributed by atoms with van der Waals surface area (Å²) in [6.07, 6.45) is 2.78. The van der Waals surface area contributed by atoms with Crippen molar-refractivity contribution in [1.29, 1.82) is 0 Å². The smallest absolute Gasteiger partial charge is 0.259 e. The molecule has 2 rings (SSSR count). The molecular formula is C11H6F3N3O. The maximum atomic E-state index is 13.3. The van der Waals surface area contributed by atoms with Gasteiger partial charge in [0.15, 0.2) is 5.82 Å². The summed E-state index contributed by atoms with van der Waals surface area (Å²) in [6, 6.07) is 3.56. The van der Waals surface area contributed by atoms with Gasteiger partial charge in [-0.05, 0) is 12.1 Å². The molecule has 0 radical (unpaired) electrons. The molecule has 0 fully saturated rings. The number of amides is 1. The minimum atomic E-state index is -1.66. The Morgan fingerprint density at radius 2 is 2.06 bits per heavy atom. The quantitative estimate of drug-likeness (QED) is 0.834. The first-order valence-corrected chi connectivity index (χ1v) is 4.81. The summed E-state index contributed by atoms with van der Waals surface area (Å²) in [7, 11) is 0. The van der Waals surface area contributed by atoms with E-state index in [4.69, 9.17) is 0 Å². The normalized spacial score (nSPS) is 10.2. The van der Waals surface area contributed by atoms with Crippen molar-refractivity contribution in [2.45, 2.75) is 0 Å². The summed E-state index contributed by atoms with van der Waals surface area (Å²) < 4.78 is 38.9. The van der Waals surface area contributed by atoms with Crippen molar-refractivity contribution < 1.29 is 18.0 Å². The number of halogens is 3. The Bertz CT molecular complexity index is 590. The van der Waals surface area contributed by atoms with Gasteiger partial charge in [-0.1, -0.05) is 0 Å². The standard InChI is InChI=1S/C11H6F3N3O/c12-8-4-7(9(13)10(14)17-8)11(18)16-6-2-1-3-15-5-6/h1-5H,(H,16,18). The van der Waals surface area contributed by atoms with Crippen LogP contribution in [0.5, 0.6) is 0 Å². The van der Waals surface area contributed by atoms with Crippen LogP contribution in [0.25, 0.3) is 0 Å². The third-order valence-electron chi connectivity index (χ3n) is 2.05. The van der Waals surface area contributed by atoms with Gasteiger partial charge in [0.1, 0.15) is 0 Å². The molecule has 2 aromatic heterocycles. The molecule has 0 bridgehead atoms. The monoisotopic (exact) mass is 253 g/mol. The van der Waals surface area contributed by atoms with Crippen molar-refractivity contribution in [3.8, 4) is 0 Å². The summed E-state index contributed by atoms with van der Waals surface area (Å²) in [5.74, 6) is -5.42. The molecule has 92 valence electrons. The molecule has 0 saturated heterocycles. The van der Waals surface area contributed by atoms with Crippen molar-refractivity contribution >= 4 is 11.6 Å². The number of pyridine rings is 2. The lowest BCUT2D eigenvalue weighted by Crippen LogP contribution is -2.16. The van der Waals surface area contributed by atoms with E-state index in [0.29, 0.717) is 6.07 Å². The van der Waals surface area contributed by atoms with E-state index < -0.39 is 29.2 Å². The molecule has 2 heterocycles. The first-order valence-electron chi connectivity index (χ1n) is 4.81. The maximum Gasteiger partial charge on any atom is 0.259 e. The Morgan fingerprint density at radius 1 is 1.28 bits per heavy atom. The minimum Gasteiger partial charge on any atom is -0.320 e. The van der Waals surface area contributed by atoms with Crippen molar-refractivity contribution in [2.75, 3.05) is 5.32 Å². The molecule has 4 nitrogen and oxygen atoms in total. The van der Waals surface area contributed by atoms with Gasteiger partial charge in [0.2, 0.25) is 5.95 Å². The first-order chi connectivity index (χ1) is 8.58. The molecule has 18 heavy (non-hydrogen) atoms. The van der Waals surface area contributed by atoms with Crippen molar-refractivity contribution in [3.05, 3.63) is 53.9 Å². The third-order valence-corrected chi connectivity index (χ3v) is 2.05. The van der Waals surface area contributed by atoms with Gasteiger partial charge in [-0.15, -0.1) is 0 Å². The van der Waals surface area contributed by atoms with Crippen LogP contribution in [0.15, 0.2) is 30.6 Å². The molecule has 0 atom stereocenters. The number of nitrogens with one attached hydrogen (secondary N) is 1. The number of hydrogen-bond donors (Lipinski definition) is 1. The Balaban J connectivity index is 2.30. The number of carbonyl (C=O) groups excluding carboxylic acids is 1. The van der Waals surface area contributed by atoms with Gasteiger partial charge >= 0.3 is 0 Å². The number of nitrogens with zero attached hydrogens (tertiary/aromatic N) is 2. The molecule has 0 spiro atoms. The molecular weight excluding hydrogens is 247 g/mol. The SMILES string of the molecule is O=C(Nc1cccnc1)c1cc(F)nc(F)c1F. The summed E-state index contributed by atoms with van der Waals surface area (Å²) in [5.41, 5.74) is -0.483. The lowest BCUT2D eigenvalue weighted by Gasteiger charge is -2.05. The zero-order chi connectivity index (χ0) is 13.1. The Kier molecular flexibility index (Phi) is 3.22. The molecule has 0 aromatic carbocycles. The fourth-order valence-corrected chi connectivity index (χ4v) is 1.27. The van der Waals surface area contributed by atoms with Gasteiger partial charge in [0, 0.05) is 12.3 Å². The fraction of sp³-hybridized carbons (Fsp3) is 0. The molecule has 0 saturated carbocycles. The number of rotatable bonds is 2. The van der Waals surface area contributed by atoms with Gasteiger partial charge in [-0.2, -0.15) is 13.8 Å². The van der Waals surface area contributed by atoms with Crippen molar-refractivity contribution in [1.82, 2.24) is 9.97 Å². The second kappa shape index (κ2) is 4.82. The average Bonchev–Trinajstić information content (AvgIpc) is 2.35. The second-order valence-electron chi connectivity index (χ2n) is 3.29. The van der Waals surface area contributed by atoms with Crippen LogP contribution in [-0.2, 0) is 0 Å². The number of aromatic nitrogens is 2. The van der Waals surface area contributed by atoms with Gasteiger partial charge < -0.3 is 5.32 Å². The van der Waals surface area contributed by atoms with Crippen molar-refractivity contribution in [3.63, 3.8) is 0 Å². The van der Waals surface area contributed by atoms with Crippen molar-refractivity contribution in [2.24, 2.45) is 0 Å². The summed E-state index contributed by atoms with van der Waals surface area (Å²) in [6.45, 7) is 0. The predicted molar refractivity (Wildman–Crippen MR) is 56.3 cm³/mol. The van der Waals surface area contributed by atoms with Gasteiger partial charge in [-0.25, -0.2) is 4.39 Å². The highest BCUT2D eigenvalue weighted by Gasteiger charge is 2.18. The van der Waals surface area contributed by atoms with E-state index in [0.717, 1.165) is 0 Å². The van der Waals surface area contributed by atoms with E-state index in [9.17, 15) is 18.0 Å². The van der Waals surface area contributed by atoms with Crippen LogP contribution in [-0.4, -0.2) is 15.9 Å². The molecule has 0 aliphatic rings. The predicted octanol–water partition coefficient (Wildman–Crippen LogP) is 2.15. The summed E-state index contributed by atoms with van der Waals surface area (Å²) in [5, 5.41) is 2.25. The van der Waals surface area contributed by atoms with Crippen LogP contribution >= 0.6 is 0 Å². The fourth-order valence-electron chi connectivity index (χ4n) is 1.27. The van der Waals surface area contributed by atoms with E-state index in [1.807, 2.05) is 0 Å². The van der Waals surface area contributed by atoms with Crippen LogP contribution in [0.4, 0.5) is 18.9 Å². The number of carbonyl (C=O) groups is 1. The highest BCUT2D eigenvalue weighted by Crippen LogP contribution is 2.13. The number of hydrogen-bond acceptors (Lipinski definition) is 3. The second-order valence-corrected chi connectivity index (χ2v) is 3.29. The first kappa shape index (κ1) is 12.0. The zero-order valence-corrected chi connectivity index (χ0v) is 8.82. The number of anilines is 1. The molecule has 7 heteroatoms. The third kappa shape index (κ3) is 2.45. The molecule has 2 aromatic rings. The average molecular weight is 253 g/mol. The molecule has 0 aliphatic carbocycles. The van der Waals surface area contributed by atoms with E-state index in [-0.39, 0.29) is 5.69 Å². The van der Waals surface area contributed by atoms with Gasteiger partial charge in [0.05, 0.1) is 17.4 Å². The van der Waals surface area contributed by atoms with Gasteiger partial charge in [-0.3, -0.25) is 9.78 Å². The van der Waals surface area contributed by atoms with Crippen LogP contribution in [0.3, 0.4) is 0 Å². The lowest BCUT2D eigenvalue weighted by atomic mass is 10.2.